The molecular formula is C12H16ClN3OS. The Labute approximate surface area is 116 Å². The summed E-state index contributed by atoms with van der Waals surface area (Å²) < 4.78 is 0. The fourth-order valence-corrected chi connectivity index (χ4v) is 2.92. The van der Waals surface area contributed by atoms with Crippen molar-refractivity contribution in [2.45, 2.75) is 0 Å². The van der Waals surface area contributed by atoms with Gasteiger partial charge in [0.15, 0.2) is 0 Å². The van der Waals surface area contributed by atoms with Crippen molar-refractivity contribution in [1.29, 1.82) is 0 Å². The lowest BCUT2D eigenvalue weighted by atomic mass is 10.3. The number of pyridine rings is 1. The number of thioether (sulfide) groups is 1. The van der Waals surface area contributed by atoms with Crippen LogP contribution in [0.3, 0.4) is 0 Å². The number of aromatic nitrogens is 1. The van der Waals surface area contributed by atoms with Gasteiger partial charge in [0.05, 0.1) is 0 Å². The van der Waals surface area contributed by atoms with Crippen LogP contribution >= 0.6 is 23.4 Å². The maximum Gasteiger partial charge on any atom is 0.269 e. The first kappa shape index (κ1) is 13.6. The van der Waals surface area contributed by atoms with Gasteiger partial charge in [0, 0.05) is 37.7 Å². The molecule has 1 fully saturated rings. The third kappa shape index (κ3) is 4.15. The van der Waals surface area contributed by atoms with Gasteiger partial charge in [-0.2, -0.15) is 11.8 Å². The van der Waals surface area contributed by atoms with Crippen LogP contribution in [0.2, 0.25) is 5.15 Å². The van der Waals surface area contributed by atoms with Crippen molar-refractivity contribution in [2.75, 3.05) is 37.7 Å². The third-order valence-electron chi connectivity index (χ3n) is 2.77. The largest absolute Gasteiger partial charge is 0.349 e. The second-order valence-corrected chi connectivity index (χ2v) is 5.67. The van der Waals surface area contributed by atoms with Crippen molar-refractivity contribution in [3.8, 4) is 0 Å². The van der Waals surface area contributed by atoms with Gasteiger partial charge in [-0.05, 0) is 12.1 Å². The Balaban J connectivity index is 1.74. The number of rotatable bonds is 4. The van der Waals surface area contributed by atoms with Crippen LogP contribution in [-0.2, 0) is 0 Å². The first-order valence-corrected chi connectivity index (χ1v) is 7.50. The summed E-state index contributed by atoms with van der Waals surface area (Å²) >= 11 is 7.73. The number of hydrogen-bond acceptors (Lipinski definition) is 4. The first-order chi connectivity index (χ1) is 8.75. The van der Waals surface area contributed by atoms with Crippen molar-refractivity contribution in [2.24, 2.45) is 0 Å². The van der Waals surface area contributed by atoms with Crippen LogP contribution in [0.25, 0.3) is 0 Å². The van der Waals surface area contributed by atoms with Crippen molar-refractivity contribution in [3.63, 3.8) is 0 Å². The summed E-state index contributed by atoms with van der Waals surface area (Å²) in [6.07, 6.45) is 0. The second kappa shape index (κ2) is 6.97. The Bertz CT molecular complexity index is 410. The van der Waals surface area contributed by atoms with Gasteiger partial charge in [0.25, 0.3) is 5.91 Å². The predicted octanol–water partition coefficient (Wildman–Crippen LogP) is 1.51. The van der Waals surface area contributed by atoms with E-state index in [0.29, 0.717) is 17.4 Å². The van der Waals surface area contributed by atoms with E-state index in [1.165, 1.54) is 11.5 Å². The van der Waals surface area contributed by atoms with Crippen LogP contribution < -0.4 is 5.32 Å². The molecule has 0 spiro atoms. The molecule has 1 aromatic heterocycles. The van der Waals surface area contributed by atoms with E-state index >= 15 is 0 Å². The third-order valence-corrected chi connectivity index (χ3v) is 3.92. The number of hydrogen-bond donors (Lipinski definition) is 1. The maximum atomic E-state index is 11.8. The summed E-state index contributed by atoms with van der Waals surface area (Å²) in [5.74, 6) is 2.21. The highest BCUT2D eigenvalue weighted by molar-refractivity contribution is 7.99. The molecule has 1 amide bonds. The SMILES string of the molecule is O=C(NCCN1CCSCC1)c1cccc(Cl)n1. The van der Waals surface area contributed by atoms with Crippen molar-refractivity contribution < 1.29 is 4.79 Å². The summed E-state index contributed by atoms with van der Waals surface area (Å²) in [4.78, 5) is 18.1. The van der Waals surface area contributed by atoms with Gasteiger partial charge in [-0.15, -0.1) is 0 Å². The van der Waals surface area contributed by atoms with E-state index in [0.717, 1.165) is 19.6 Å². The number of halogens is 1. The molecule has 6 heteroatoms. The number of amides is 1. The van der Waals surface area contributed by atoms with Gasteiger partial charge in [-0.1, -0.05) is 17.7 Å². The molecule has 1 aromatic rings. The van der Waals surface area contributed by atoms with Gasteiger partial charge in [0.1, 0.15) is 10.8 Å². The fraction of sp³-hybridized carbons (Fsp3) is 0.500. The molecule has 2 rings (SSSR count). The zero-order valence-electron chi connectivity index (χ0n) is 10.1. The lowest BCUT2D eigenvalue weighted by Crippen LogP contribution is -2.39. The molecule has 0 unspecified atom stereocenters. The van der Waals surface area contributed by atoms with E-state index in [2.05, 4.69) is 15.2 Å². The molecule has 18 heavy (non-hydrogen) atoms. The molecule has 1 N–H and O–H groups in total. The molecule has 1 aliphatic heterocycles. The van der Waals surface area contributed by atoms with E-state index in [1.54, 1.807) is 18.2 Å². The molecule has 98 valence electrons. The first-order valence-electron chi connectivity index (χ1n) is 5.96. The van der Waals surface area contributed by atoms with Crippen molar-refractivity contribution in [1.82, 2.24) is 15.2 Å². The van der Waals surface area contributed by atoms with Gasteiger partial charge >= 0.3 is 0 Å². The van der Waals surface area contributed by atoms with Crippen molar-refractivity contribution >= 4 is 29.3 Å². The molecular weight excluding hydrogens is 270 g/mol. The molecule has 0 aliphatic carbocycles. The van der Waals surface area contributed by atoms with E-state index < -0.39 is 0 Å². The topological polar surface area (TPSA) is 45.2 Å². The Morgan fingerprint density at radius 3 is 2.94 bits per heavy atom. The van der Waals surface area contributed by atoms with E-state index in [4.69, 9.17) is 11.6 Å². The minimum absolute atomic E-state index is 0.163. The summed E-state index contributed by atoms with van der Waals surface area (Å²) in [6, 6.07) is 5.05. The van der Waals surface area contributed by atoms with Crippen LogP contribution in [0.5, 0.6) is 0 Å². The lowest BCUT2D eigenvalue weighted by Gasteiger charge is -2.25. The van der Waals surface area contributed by atoms with Crippen molar-refractivity contribution in [3.05, 3.63) is 29.0 Å². The van der Waals surface area contributed by atoms with Gasteiger partial charge in [-0.25, -0.2) is 4.98 Å². The number of carbonyl (C=O) groups is 1. The smallest absolute Gasteiger partial charge is 0.269 e. The summed E-state index contributed by atoms with van der Waals surface area (Å²) in [6.45, 7) is 3.76. The van der Waals surface area contributed by atoms with E-state index in [1.807, 2.05) is 11.8 Å². The average molecular weight is 286 g/mol. The quantitative estimate of drug-likeness (QED) is 0.852. The van der Waals surface area contributed by atoms with Gasteiger partial charge in [-0.3, -0.25) is 9.69 Å². The molecule has 0 aromatic carbocycles. The molecule has 4 nitrogen and oxygen atoms in total. The van der Waals surface area contributed by atoms with Crippen LogP contribution in [-0.4, -0.2) is 53.5 Å². The second-order valence-electron chi connectivity index (χ2n) is 4.06. The highest BCUT2D eigenvalue weighted by atomic mass is 35.5. The fourth-order valence-electron chi connectivity index (χ4n) is 1.78. The number of nitrogens with one attached hydrogen (secondary N) is 1. The standard InChI is InChI=1S/C12H16ClN3OS/c13-11-3-1-2-10(15-11)12(17)14-4-5-16-6-8-18-9-7-16/h1-3H,4-9H2,(H,14,17). The minimum atomic E-state index is -0.163. The molecule has 1 aliphatic rings. The minimum Gasteiger partial charge on any atom is -0.349 e. The summed E-state index contributed by atoms with van der Waals surface area (Å²) in [5.41, 5.74) is 0.372. The monoisotopic (exact) mass is 285 g/mol. The zero-order chi connectivity index (χ0) is 12.8. The highest BCUT2D eigenvalue weighted by Gasteiger charge is 2.11. The lowest BCUT2D eigenvalue weighted by molar-refractivity contribution is 0.0944. The Morgan fingerprint density at radius 2 is 2.22 bits per heavy atom. The molecule has 0 saturated carbocycles. The number of carbonyl (C=O) groups excluding carboxylic acids is 1. The summed E-state index contributed by atoms with van der Waals surface area (Å²) in [5, 5.41) is 3.21. The molecule has 0 radical (unpaired) electrons. The number of nitrogens with zero attached hydrogens (tertiary/aromatic N) is 2. The summed E-state index contributed by atoms with van der Waals surface area (Å²) in [7, 11) is 0. The van der Waals surface area contributed by atoms with Gasteiger partial charge in [0.2, 0.25) is 0 Å². The predicted molar refractivity (Wildman–Crippen MR) is 75.3 cm³/mol. The average Bonchev–Trinajstić information content (AvgIpc) is 2.40. The van der Waals surface area contributed by atoms with E-state index in [9.17, 15) is 4.79 Å². The van der Waals surface area contributed by atoms with Crippen LogP contribution in [0.15, 0.2) is 18.2 Å². The maximum absolute atomic E-state index is 11.8. The Morgan fingerprint density at radius 1 is 1.44 bits per heavy atom. The highest BCUT2D eigenvalue weighted by Crippen LogP contribution is 2.08. The molecule has 0 bridgehead atoms. The Hall–Kier alpha value is -0.780. The normalized spacial score (nSPS) is 16.5. The van der Waals surface area contributed by atoms with Crippen LogP contribution in [0.1, 0.15) is 10.5 Å². The van der Waals surface area contributed by atoms with Gasteiger partial charge < -0.3 is 5.32 Å². The molecule has 2 heterocycles. The van der Waals surface area contributed by atoms with E-state index in [-0.39, 0.29) is 5.91 Å². The zero-order valence-corrected chi connectivity index (χ0v) is 11.6. The van der Waals surface area contributed by atoms with Crippen LogP contribution in [0.4, 0.5) is 0 Å². The molecule has 1 saturated heterocycles. The Kier molecular flexibility index (Phi) is 5.28. The van der Waals surface area contributed by atoms with Crippen LogP contribution in [0, 0.1) is 0 Å². The molecule has 0 atom stereocenters.